The summed E-state index contributed by atoms with van der Waals surface area (Å²) in [6.07, 6.45) is 0. The van der Waals surface area contributed by atoms with Crippen molar-refractivity contribution in [3.8, 4) is 11.5 Å². The Morgan fingerprint density at radius 2 is 1.82 bits per heavy atom. The van der Waals surface area contributed by atoms with Gasteiger partial charge in [-0.15, -0.1) is 11.8 Å². The number of methoxy groups -OCH3 is 2. The van der Waals surface area contributed by atoms with Crippen molar-refractivity contribution in [2.75, 3.05) is 26.6 Å². The van der Waals surface area contributed by atoms with Crippen molar-refractivity contribution < 1.29 is 23.8 Å². The Balaban J connectivity index is 1.73. The maximum absolute atomic E-state index is 11.9. The minimum atomic E-state index is -0.436. The van der Waals surface area contributed by atoms with Gasteiger partial charge in [0.15, 0.2) is 18.1 Å². The first kappa shape index (κ1) is 22.1. The van der Waals surface area contributed by atoms with E-state index in [0.29, 0.717) is 18.0 Å². The van der Waals surface area contributed by atoms with Crippen LogP contribution in [0.5, 0.6) is 11.5 Å². The minimum absolute atomic E-state index is 0.144. The van der Waals surface area contributed by atoms with Gasteiger partial charge in [0.1, 0.15) is 0 Å². The van der Waals surface area contributed by atoms with Crippen molar-refractivity contribution in [3.63, 3.8) is 0 Å². The van der Waals surface area contributed by atoms with Crippen LogP contribution in [0.15, 0.2) is 45.8 Å². The molecule has 2 aromatic rings. The smallest absolute Gasteiger partial charge is 0.316 e. The summed E-state index contributed by atoms with van der Waals surface area (Å²) < 4.78 is 16.4. The maximum atomic E-state index is 11.9. The number of benzene rings is 2. The SMILES string of the molecule is COc1ccc(CNC(=O)COC(=O)CSc2ccc(Br)cc2C)cc1OC. The molecule has 0 heterocycles. The lowest BCUT2D eigenvalue weighted by atomic mass is 10.2. The maximum Gasteiger partial charge on any atom is 0.316 e. The third kappa shape index (κ3) is 6.76. The van der Waals surface area contributed by atoms with Crippen molar-refractivity contribution in [3.05, 3.63) is 52.0 Å². The van der Waals surface area contributed by atoms with Gasteiger partial charge in [0.05, 0.1) is 20.0 Å². The number of amides is 1. The van der Waals surface area contributed by atoms with Crippen LogP contribution < -0.4 is 14.8 Å². The molecule has 2 rings (SSSR count). The van der Waals surface area contributed by atoms with E-state index in [1.54, 1.807) is 26.4 Å². The van der Waals surface area contributed by atoms with Crippen molar-refractivity contribution >= 4 is 39.6 Å². The van der Waals surface area contributed by atoms with E-state index in [1.807, 2.05) is 31.2 Å². The second-order valence-corrected chi connectivity index (χ2v) is 7.76. The van der Waals surface area contributed by atoms with Crippen molar-refractivity contribution in [1.29, 1.82) is 0 Å². The molecule has 6 nitrogen and oxygen atoms in total. The largest absolute Gasteiger partial charge is 0.493 e. The second kappa shape index (κ2) is 11.0. The fourth-order valence-corrected chi connectivity index (χ4v) is 3.62. The topological polar surface area (TPSA) is 73.9 Å². The van der Waals surface area contributed by atoms with Gasteiger partial charge in [-0.2, -0.15) is 0 Å². The molecule has 0 bridgehead atoms. The first-order valence-electron chi connectivity index (χ1n) is 8.45. The molecule has 28 heavy (non-hydrogen) atoms. The van der Waals surface area contributed by atoms with Gasteiger partial charge >= 0.3 is 5.97 Å². The third-order valence-electron chi connectivity index (χ3n) is 3.78. The minimum Gasteiger partial charge on any atom is -0.493 e. The van der Waals surface area contributed by atoms with Gasteiger partial charge in [-0.25, -0.2) is 0 Å². The zero-order chi connectivity index (χ0) is 20.5. The molecule has 0 radical (unpaired) electrons. The molecule has 0 aliphatic carbocycles. The Kier molecular flexibility index (Phi) is 8.66. The fourth-order valence-electron chi connectivity index (χ4n) is 2.34. The molecule has 8 heteroatoms. The molecule has 2 aromatic carbocycles. The summed E-state index contributed by atoms with van der Waals surface area (Å²) in [5.74, 6) is 0.540. The Hall–Kier alpha value is -2.19. The summed E-state index contributed by atoms with van der Waals surface area (Å²) in [6.45, 7) is 1.95. The molecular weight excluding hydrogens is 446 g/mol. The van der Waals surface area contributed by atoms with E-state index in [9.17, 15) is 9.59 Å². The normalized spacial score (nSPS) is 10.3. The van der Waals surface area contributed by atoms with Gasteiger partial charge < -0.3 is 19.5 Å². The van der Waals surface area contributed by atoms with Crippen molar-refractivity contribution in [2.24, 2.45) is 0 Å². The summed E-state index contributed by atoms with van der Waals surface area (Å²) >= 11 is 4.79. The first-order chi connectivity index (χ1) is 13.4. The molecule has 0 fully saturated rings. The number of hydrogen-bond acceptors (Lipinski definition) is 6. The predicted molar refractivity (Wildman–Crippen MR) is 112 cm³/mol. The lowest BCUT2D eigenvalue weighted by Gasteiger charge is -2.10. The number of hydrogen-bond donors (Lipinski definition) is 1. The number of halogens is 1. The molecule has 0 saturated heterocycles. The van der Waals surface area contributed by atoms with E-state index in [0.717, 1.165) is 20.5 Å². The second-order valence-electron chi connectivity index (χ2n) is 5.83. The monoisotopic (exact) mass is 467 g/mol. The van der Waals surface area contributed by atoms with E-state index in [1.165, 1.54) is 11.8 Å². The number of ether oxygens (including phenoxy) is 3. The molecule has 0 unspecified atom stereocenters. The zero-order valence-electron chi connectivity index (χ0n) is 15.9. The number of esters is 1. The summed E-state index contributed by atoms with van der Waals surface area (Å²) in [7, 11) is 3.11. The van der Waals surface area contributed by atoms with Gasteiger partial charge in [-0.1, -0.05) is 22.0 Å². The van der Waals surface area contributed by atoms with E-state index in [2.05, 4.69) is 21.2 Å². The molecule has 1 amide bonds. The van der Waals surface area contributed by atoms with Gasteiger partial charge in [-0.05, 0) is 48.4 Å². The number of carbonyl (C=O) groups is 2. The molecule has 0 saturated carbocycles. The van der Waals surface area contributed by atoms with Crippen LogP contribution in [0, 0.1) is 6.92 Å². The van der Waals surface area contributed by atoms with E-state index in [4.69, 9.17) is 14.2 Å². The van der Waals surface area contributed by atoms with Crippen LogP contribution in [0.4, 0.5) is 0 Å². The Labute approximate surface area is 177 Å². The van der Waals surface area contributed by atoms with E-state index in [-0.39, 0.29) is 18.3 Å². The van der Waals surface area contributed by atoms with E-state index >= 15 is 0 Å². The summed E-state index contributed by atoms with van der Waals surface area (Å²) in [5, 5.41) is 2.71. The van der Waals surface area contributed by atoms with Crippen LogP contribution in [-0.4, -0.2) is 38.5 Å². The lowest BCUT2D eigenvalue weighted by molar-refractivity contribution is -0.145. The Bertz CT molecular complexity index is 843. The molecule has 0 aromatic heterocycles. The quantitative estimate of drug-likeness (QED) is 0.447. The van der Waals surface area contributed by atoms with Crippen molar-refractivity contribution in [1.82, 2.24) is 5.32 Å². The van der Waals surface area contributed by atoms with Gasteiger partial charge in [0, 0.05) is 15.9 Å². The fraction of sp³-hybridized carbons (Fsp3) is 0.300. The molecule has 0 atom stereocenters. The van der Waals surface area contributed by atoms with Crippen LogP contribution >= 0.6 is 27.7 Å². The van der Waals surface area contributed by atoms with Crippen LogP contribution in [0.2, 0.25) is 0 Å². The molecule has 0 aliphatic rings. The summed E-state index contributed by atoms with van der Waals surface area (Å²) in [6, 6.07) is 11.2. The average Bonchev–Trinajstić information content (AvgIpc) is 2.69. The molecular formula is C20H22BrNO5S. The zero-order valence-corrected chi connectivity index (χ0v) is 18.3. The van der Waals surface area contributed by atoms with Crippen molar-refractivity contribution in [2.45, 2.75) is 18.4 Å². The van der Waals surface area contributed by atoms with Gasteiger partial charge in [-0.3, -0.25) is 9.59 Å². The molecule has 0 aliphatic heterocycles. The number of thioether (sulfide) groups is 1. The van der Waals surface area contributed by atoms with Crippen LogP contribution in [0.1, 0.15) is 11.1 Å². The standard InChI is InChI=1S/C20H22BrNO5S/c1-13-8-15(21)5-7-18(13)28-12-20(24)27-11-19(23)22-10-14-4-6-16(25-2)17(9-14)26-3/h4-9H,10-12H2,1-3H3,(H,22,23). The van der Waals surface area contributed by atoms with Crippen LogP contribution in [-0.2, 0) is 20.9 Å². The highest BCUT2D eigenvalue weighted by atomic mass is 79.9. The Morgan fingerprint density at radius 1 is 1.07 bits per heavy atom. The predicted octanol–water partition coefficient (Wildman–Crippen LogP) is 3.73. The average molecular weight is 468 g/mol. The van der Waals surface area contributed by atoms with Crippen LogP contribution in [0.3, 0.4) is 0 Å². The number of aryl methyl sites for hydroxylation is 1. The number of rotatable bonds is 9. The highest BCUT2D eigenvalue weighted by molar-refractivity contribution is 9.10. The van der Waals surface area contributed by atoms with E-state index < -0.39 is 5.97 Å². The Morgan fingerprint density at radius 3 is 2.50 bits per heavy atom. The molecule has 150 valence electrons. The van der Waals surface area contributed by atoms with Gasteiger partial charge in [0.2, 0.25) is 0 Å². The number of carbonyl (C=O) groups excluding carboxylic acids is 2. The molecule has 1 N–H and O–H groups in total. The number of nitrogens with one attached hydrogen (secondary N) is 1. The third-order valence-corrected chi connectivity index (χ3v) is 5.43. The van der Waals surface area contributed by atoms with Crippen LogP contribution in [0.25, 0.3) is 0 Å². The summed E-state index contributed by atoms with van der Waals surface area (Å²) in [4.78, 5) is 24.8. The first-order valence-corrected chi connectivity index (χ1v) is 10.2. The highest BCUT2D eigenvalue weighted by Gasteiger charge is 2.10. The summed E-state index contributed by atoms with van der Waals surface area (Å²) in [5.41, 5.74) is 1.92. The lowest BCUT2D eigenvalue weighted by Crippen LogP contribution is -2.28. The highest BCUT2D eigenvalue weighted by Crippen LogP contribution is 2.27. The van der Waals surface area contributed by atoms with Gasteiger partial charge in [0.25, 0.3) is 5.91 Å². The molecule has 0 spiro atoms.